The van der Waals surface area contributed by atoms with Crippen molar-refractivity contribution in [1.29, 1.82) is 0 Å². The highest BCUT2D eigenvalue weighted by atomic mass is 35.5. The van der Waals surface area contributed by atoms with Gasteiger partial charge in [0.1, 0.15) is 22.7 Å². The molecule has 5 rings (SSSR count). The molecule has 8 heteroatoms. The smallest absolute Gasteiger partial charge is 0.241 e. The van der Waals surface area contributed by atoms with Gasteiger partial charge >= 0.3 is 0 Å². The van der Waals surface area contributed by atoms with E-state index in [9.17, 15) is 4.79 Å². The van der Waals surface area contributed by atoms with Crippen molar-refractivity contribution in [2.75, 3.05) is 12.4 Å². The van der Waals surface area contributed by atoms with Gasteiger partial charge in [-0.1, -0.05) is 41.9 Å². The Morgan fingerprint density at radius 3 is 2.77 bits per heavy atom. The SMILES string of the molecule is CN[C@@H](C(=O)N[C@H]1CCC[C@H](Nc2cc(-c3c[nH]c4ncccc34)cc(Cl)n2)C1)c1ccccc1. The van der Waals surface area contributed by atoms with Crippen LogP contribution >= 0.6 is 11.6 Å². The number of nitrogens with one attached hydrogen (secondary N) is 4. The van der Waals surface area contributed by atoms with Gasteiger partial charge in [-0.15, -0.1) is 0 Å². The number of aromatic nitrogens is 3. The summed E-state index contributed by atoms with van der Waals surface area (Å²) in [5, 5.41) is 11.4. The zero-order valence-corrected chi connectivity index (χ0v) is 20.3. The molecule has 3 atom stereocenters. The number of hydrogen-bond donors (Lipinski definition) is 4. The molecule has 4 aromatic rings. The quantitative estimate of drug-likeness (QED) is 0.272. The molecular weight excluding hydrogens is 460 g/mol. The van der Waals surface area contributed by atoms with Gasteiger partial charge in [0.25, 0.3) is 0 Å². The molecule has 1 fully saturated rings. The highest BCUT2D eigenvalue weighted by molar-refractivity contribution is 6.29. The van der Waals surface area contributed by atoms with Crippen LogP contribution in [0.4, 0.5) is 5.82 Å². The van der Waals surface area contributed by atoms with Crippen LogP contribution in [0.15, 0.2) is 67.0 Å². The first-order valence-corrected chi connectivity index (χ1v) is 12.4. The molecule has 1 saturated carbocycles. The number of H-pyrrole nitrogens is 1. The third-order valence-electron chi connectivity index (χ3n) is 6.61. The van der Waals surface area contributed by atoms with Gasteiger partial charge in [-0.05, 0) is 68.1 Å². The Balaban J connectivity index is 1.27. The number of nitrogens with zero attached hydrogens (tertiary/aromatic N) is 2. The molecule has 3 aromatic heterocycles. The monoisotopic (exact) mass is 488 g/mol. The summed E-state index contributed by atoms with van der Waals surface area (Å²) in [6, 6.07) is 17.6. The Bertz CT molecular complexity index is 1310. The summed E-state index contributed by atoms with van der Waals surface area (Å²) in [5.74, 6) is 0.737. The van der Waals surface area contributed by atoms with Crippen molar-refractivity contribution < 1.29 is 4.79 Å². The summed E-state index contributed by atoms with van der Waals surface area (Å²) in [7, 11) is 1.81. The lowest BCUT2D eigenvalue weighted by atomic mass is 9.90. The number of carbonyl (C=O) groups is 1. The summed E-state index contributed by atoms with van der Waals surface area (Å²) in [4.78, 5) is 25.1. The third kappa shape index (κ3) is 5.31. The second kappa shape index (κ2) is 10.5. The Kier molecular flexibility index (Phi) is 6.97. The normalized spacial score (nSPS) is 18.8. The van der Waals surface area contributed by atoms with Gasteiger partial charge in [-0.2, -0.15) is 0 Å². The number of anilines is 1. The molecule has 0 aliphatic heterocycles. The molecule has 4 N–H and O–H groups in total. The molecule has 1 aromatic carbocycles. The number of amides is 1. The van der Waals surface area contributed by atoms with E-state index in [4.69, 9.17) is 11.6 Å². The van der Waals surface area contributed by atoms with Crippen LogP contribution in [0.25, 0.3) is 22.2 Å². The number of carbonyl (C=O) groups excluding carboxylic acids is 1. The molecule has 180 valence electrons. The average Bonchev–Trinajstić information content (AvgIpc) is 3.29. The number of rotatable bonds is 7. The fourth-order valence-electron chi connectivity index (χ4n) is 4.96. The summed E-state index contributed by atoms with van der Waals surface area (Å²) in [6.45, 7) is 0. The number of benzene rings is 1. The fourth-order valence-corrected chi connectivity index (χ4v) is 5.17. The third-order valence-corrected chi connectivity index (χ3v) is 6.81. The van der Waals surface area contributed by atoms with E-state index in [1.807, 2.05) is 67.8 Å². The lowest BCUT2D eigenvalue weighted by Gasteiger charge is -2.31. The van der Waals surface area contributed by atoms with Crippen LogP contribution in [0.2, 0.25) is 5.15 Å². The standard InChI is InChI=1S/C27H29ClN6O/c1-29-25(17-7-3-2-4-8-17)27(35)33-20-10-5-9-19(15-20)32-24-14-18(13-23(28)34-24)22-16-31-26-21(22)11-6-12-30-26/h2-4,6-8,11-14,16,19-20,25,29H,5,9-10,15H2,1H3,(H,30,31)(H,32,34)(H,33,35)/t19-,20-,25+/m0/s1. The van der Waals surface area contributed by atoms with Crippen molar-refractivity contribution >= 4 is 34.4 Å². The molecule has 0 bridgehead atoms. The average molecular weight is 489 g/mol. The largest absolute Gasteiger partial charge is 0.367 e. The van der Waals surface area contributed by atoms with Crippen LogP contribution in [-0.2, 0) is 4.79 Å². The lowest BCUT2D eigenvalue weighted by Crippen LogP contribution is -2.45. The van der Waals surface area contributed by atoms with E-state index in [2.05, 4.69) is 30.9 Å². The Morgan fingerprint density at radius 1 is 1.11 bits per heavy atom. The van der Waals surface area contributed by atoms with Gasteiger partial charge in [0.15, 0.2) is 0 Å². The second-order valence-electron chi connectivity index (χ2n) is 9.01. The van der Waals surface area contributed by atoms with Crippen molar-refractivity contribution in [2.45, 2.75) is 43.8 Å². The van der Waals surface area contributed by atoms with Crippen LogP contribution in [0.1, 0.15) is 37.3 Å². The van der Waals surface area contributed by atoms with Crippen molar-refractivity contribution in [2.24, 2.45) is 0 Å². The van der Waals surface area contributed by atoms with Gasteiger partial charge in [0, 0.05) is 35.4 Å². The predicted octanol–water partition coefficient (Wildman–Crippen LogP) is 5.08. The Morgan fingerprint density at radius 2 is 1.94 bits per heavy atom. The number of aromatic amines is 1. The first kappa shape index (κ1) is 23.3. The van der Waals surface area contributed by atoms with E-state index in [1.165, 1.54) is 0 Å². The minimum Gasteiger partial charge on any atom is -0.367 e. The maximum atomic E-state index is 13.0. The Labute approximate surface area is 209 Å². The van der Waals surface area contributed by atoms with E-state index >= 15 is 0 Å². The topological polar surface area (TPSA) is 94.7 Å². The molecule has 0 unspecified atom stereocenters. The lowest BCUT2D eigenvalue weighted by molar-refractivity contribution is -0.124. The second-order valence-corrected chi connectivity index (χ2v) is 9.40. The molecule has 1 amide bonds. The van der Waals surface area contributed by atoms with Crippen LogP contribution in [0.3, 0.4) is 0 Å². The molecule has 35 heavy (non-hydrogen) atoms. The number of likely N-dealkylation sites (N-methyl/N-ethyl adjacent to an activating group) is 1. The minimum atomic E-state index is -0.368. The van der Waals surface area contributed by atoms with E-state index in [-0.39, 0.29) is 24.0 Å². The van der Waals surface area contributed by atoms with Crippen LogP contribution < -0.4 is 16.0 Å². The van der Waals surface area contributed by atoms with E-state index in [0.29, 0.717) is 5.15 Å². The van der Waals surface area contributed by atoms with Crippen molar-refractivity contribution in [1.82, 2.24) is 25.6 Å². The van der Waals surface area contributed by atoms with Gasteiger partial charge < -0.3 is 20.9 Å². The molecule has 0 radical (unpaired) electrons. The van der Waals surface area contributed by atoms with Gasteiger partial charge in [0.2, 0.25) is 5.91 Å². The van der Waals surface area contributed by atoms with E-state index in [0.717, 1.165) is 59.2 Å². The zero-order valence-electron chi connectivity index (χ0n) is 19.6. The first-order valence-electron chi connectivity index (χ1n) is 12.0. The van der Waals surface area contributed by atoms with Crippen molar-refractivity contribution in [3.8, 4) is 11.1 Å². The highest BCUT2D eigenvalue weighted by Crippen LogP contribution is 2.31. The van der Waals surface area contributed by atoms with E-state index in [1.54, 1.807) is 6.20 Å². The van der Waals surface area contributed by atoms with E-state index < -0.39 is 0 Å². The van der Waals surface area contributed by atoms with Crippen LogP contribution in [0.5, 0.6) is 0 Å². The highest BCUT2D eigenvalue weighted by Gasteiger charge is 2.27. The molecule has 1 aliphatic rings. The molecule has 3 heterocycles. The molecule has 0 saturated heterocycles. The number of halogens is 1. The summed E-state index contributed by atoms with van der Waals surface area (Å²) >= 11 is 6.40. The fraction of sp³-hybridized carbons (Fsp3) is 0.296. The van der Waals surface area contributed by atoms with Crippen LogP contribution in [-0.4, -0.2) is 40.0 Å². The minimum absolute atomic E-state index is 0.000428. The van der Waals surface area contributed by atoms with Gasteiger partial charge in [-0.3, -0.25) is 4.79 Å². The maximum Gasteiger partial charge on any atom is 0.241 e. The van der Waals surface area contributed by atoms with Crippen LogP contribution in [0, 0.1) is 0 Å². The van der Waals surface area contributed by atoms with Gasteiger partial charge in [-0.25, -0.2) is 9.97 Å². The zero-order chi connectivity index (χ0) is 24.2. The van der Waals surface area contributed by atoms with Gasteiger partial charge in [0.05, 0.1) is 0 Å². The Hall–Kier alpha value is -3.42. The molecular formula is C27H29ClN6O. The maximum absolute atomic E-state index is 13.0. The summed E-state index contributed by atoms with van der Waals surface area (Å²) in [6.07, 6.45) is 7.56. The number of hydrogen-bond acceptors (Lipinski definition) is 5. The van der Waals surface area contributed by atoms with Crippen molar-refractivity contribution in [3.05, 3.63) is 77.7 Å². The predicted molar refractivity (Wildman–Crippen MR) is 140 cm³/mol. The van der Waals surface area contributed by atoms with Crippen molar-refractivity contribution in [3.63, 3.8) is 0 Å². The summed E-state index contributed by atoms with van der Waals surface area (Å²) < 4.78 is 0. The number of fused-ring (bicyclic) bond motifs is 1. The molecule has 7 nitrogen and oxygen atoms in total. The number of pyridine rings is 2. The first-order chi connectivity index (χ1) is 17.1. The molecule has 1 aliphatic carbocycles. The molecule has 0 spiro atoms. The summed E-state index contributed by atoms with van der Waals surface area (Å²) in [5.41, 5.74) is 3.81.